The molecule has 0 aromatic heterocycles. The van der Waals surface area contributed by atoms with E-state index in [0.29, 0.717) is 12.2 Å². The second-order valence-corrected chi connectivity index (χ2v) is 10.5. The SMILES string of the molecule is Cc1ccc(CN(C(=O)C2C(C)(C)C2(C)C)C2CC(=O)N(c3ccc(C)cc3)C2=O)cc1. The number of anilines is 1. The molecule has 2 fully saturated rings. The van der Waals surface area contributed by atoms with Gasteiger partial charge in [0, 0.05) is 12.5 Å². The molecule has 2 aromatic rings. The summed E-state index contributed by atoms with van der Waals surface area (Å²) in [6.45, 7) is 12.7. The Labute approximate surface area is 190 Å². The molecule has 1 saturated heterocycles. The van der Waals surface area contributed by atoms with Gasteiger partial charge >= 0.3 is 0 Å². The maximum atomic E-state index is 13.8. The zero-order valence-electron chi connectivity index (χ0n) is 19.8. The summed E-state index contributed by atoms with van der Waals surface area (Å²) in [5.74, 6) is -0.815. The quantitative estimate of drug-likeness (QED) is 0.647. The fraction of sp³-hybridized carbons (Fsp3) is 0.444. The highest BCUT2D eigenvalue weighted by Crippen LogP contribution is 2.69. The van der Waals surface area contributed by atoms with Crippen LogP contribution in [0.2, 0.25) is 0 Å². The molecule has 0 radical (unpaired) electrons. The molecule has 1 aliphatic heterocycles. The Kier molecular flexibility index (Phi) is 5.27. The van der Waals surface area contributed by atoms with E-state index in [1.165, 1.54) is 4.90 Å². The van der Waals surface area contributed by atoms with Crippen LogP contribution < -0.4 is 4.90 Å². The fourth-order valence-electron chi connectivity index (χ4n) is 5.04. The topological polar surface area (TPSA) is 57.7 Å². The Morgan fingerprint density at radius 1 is 0.906 bits per heavy atom. The van der Waals surface area contributed by atoms with Gasteiger partial charge in [-0.3, -0.25) is 14.4 Å². The van der Waals surface area contributed by atoms with E-state index >= 15 is 0 Å². The van der Waals surface area contributed by atoms with Crippen LogP contribution in [0.1, 0.15) is 50.8 Å². The maximum absolute atomic E-state index is 13.8. The number of benzene rings is 2. The van der Waals surface area contributed by atoms with Crippen molar-refractivity contribution in [1.29, 1.82) is 0 Å². The first-order valence-corrected chi connectivity index (χ1v) is 11.2. The fourth-order valence-corrected chi connectivity index (χ4v) is 5.04. The number of hydrogen-bond acceptors (Lipinski definition) is 3. The van der Waals surface area contributed by atoms with Crippen molar-refractivity contribution in [1.82, 2.24) is 4.90 Å². The summed E-state index contributed by atoms with van der Waals surface area (Å²) in [6.07, 6.45) is 0.0118. The van der Waals surface area contributed by atoms with Gasteiger partial charge in [0.15, 0.2) is 0 Å². The number of imide groups is 1. The zero-order valence-corrected chi connectivity index (χ0v) is 19.8. The van der Waals surface area contributed by atoms with Gasteiger partial charge < -0.3 is 4.90 Å². The molecule has 0 N–H and O–H groups in total. The van der Waals surface area contributed by atoms with Gasteiger partial charge in [0.2, 0.25) is 11.8 Å². The highest BCUT2D eigenvalue weighted by Gasteiger charge is 2.69. The van der Waals surface area contributed by atoms with Crippen LogP contribution in [0, 0.1) is 30.6 Å². The molecule has 0 bridgehead atoms. The smallest absolute Gasteiger partial charge is 0.257 e. The molecule has 1 aliphatic carbocycles. The minimum atomic E-state index is -0.787. The lowest BCUT2D eigenvalue weighted by Gasteiger charge is -2.29. The van der Waals surface area contributed by atoms with Crippen molar-refractivity contribution in [3.63, 3.8) is 0 Å². The molecule has 1 saturated carbocycles. The summed E-state index contributed by atoms with van der Waals surface area (Å²) in [5, 5.41) is 0. The number of amides is 3. The second-order valence-electron chi connectivity index (χ2n) is 10.5. The van der Waals surface area contributed by atoms with E-state index in [0.717, 1.165) is 16.7 Å². The molecule has 168 valence electrons. The molecule has 3 amide bonds. The van der Waals surface area contributed by atoms with Crippen LogP contribution in [0.5, 0.6) is 0 Å². The third kappa shape index (κ3) is 3.54. The number of rotatable bonds is 5. The molecule has 5 nitrogen and oxygen atoms in total. The number of hydrogen-bond donors (Lipinski definition) is 0. The van der Waals surface area contributed by atoms with Crippen molar-refractivity contribution in [2.75, 3.05) is 4.90 Å². The lowest BCUT2D eigenvalue weighted by molar-refractivity contribution is -0.141. The van der Waals surface area contributed by atoms with E-state index in [1.807, 2.05) is 50.2 Å². The molecule has 0 spiro atoms. The van der Waals surface area contributed by atoms with Gasteiger partial charge in [-0.2, -0.15) is 0 Å². The van der Waals surface area contributed by atoms with Gasteiger partial charge in [0.25, 0.3) is 5.91 Å². The van der Waals surface area contributed by atoms with E-state index in [-0.39, 0.29) is 40.9 Å². The van der Waals surface area contributed by atoms with E-state index in [9.17, 15) is 14.4 Å². The molecule has 32 heavy (non-hydrogen) atoms. The van der Waals surface area contributed by atoms with Crippen molar-refractivity contribution in [2.24, 2.45) is 16.7 Å². The first-order chi connectivity index (χ1) is 14.9. The minimum absolute atomic E-state index is 0.0118. The predicted molar refractivity (Wildman–Crippen MR) is 125 cm³/mol. The van der Waals surface area contributed by atoms with Gasteiger partial charge in [-0.25, -0.2) is 4.90 Å². The van der Waals surface area contributed by atoms with Crippen LogP contribution >= 0.6 is 0 Å². The first-order valence-electron chi connectivity index (χ1n) is 11.2. The Balaban J connectivity index is 1.67. The van der Waals surface area contributed by atoms with Crippen LogP contribution in [-0.2, 0) is 20.9 Å². The van der Waals surface area contributed by atoms with Crippen molar-refractivity contribution in [2.45, 2.75) is 60.5 Å². The zero-order chi connectivity index (χ0) is 23.4. The van der Waals surface area contributed by atoms with E-state index in [2.05, 4.69) is 27.7 Å². The lowest BCUT2D eigenvalue weighted by atomic mass is 10.0. The average molecular weight is 433 g/mol. The molecule has 1 unspecified atom stereocenters. The molecule has 4 rings (SSSR count). The molecule has 1 atom stereocenters. The van der Waals surface area contributed by atoms with Crippen molar-refractivity contribution < 1.29 is 14.4 Å². The van der Waals surface area contributed by atoms with Crippen LogP contribution in [0.15, 0.2) is 48.5 Å². The molecular weight excluding hydrogens is 400 g/mol. The third-order valence-corrected chi connectivity index (χ3v) is 7.82. The Hall–Kier alpha value is -2.95. The number of aryl methyl sites for hydroxylation is 2. The summed E-state index contributed by atoms with van der Waals surface area (Å²) in [7, 11) is 0. The van der Waals surface area contributed by atoms with Crippen LogP contribution in [0.25, 0.3) is 0 Å². The predicted octanol–water partition coefficient (Wildman–Crippen LogP) is 4.65. The standard InChI is InChI=1S/C27H32N2O3/c1-17-7-11-19(12-8-17)16-28(25(32)23-26(3,4)27(23,5)6)21-15-22(30)29(24(21)31)20-13-9-18(2)10-14-20/h7-14,21,23H,15-16H2,1-6H3. The first kappa shape index (κ1) is 22.3. The van der Waals surface area contributed by atoms with Gasteiger partial charge in [0.1, 0.15) is 6.04 Å². The van der Waals surface area contributed by atoms with Crippen molar-refractivity contribution in [3.05, 3.63) is 65.2 Å². The number of carbonyl (C=O) groups excluding carboxylic acids is 3. The van der Waals surface area contributed by atoms with E-state index < -0.39 is 6.04 Å². The summed E-state index contributed by atoms with van der Waals surface area (Å²) in [6, 6.07) is 14.5. The Morgan fingerprint density at radius 3 is 1.91 bits per heavy atom. The molecule has 1 heterocycles. The van der Waals surface area contributed by atoms with E-state index in [4.69, 9.17) is 0 Å². The van der Waals surface area contributed by atoms with Crippen LogP contribution in [0.4, 0.5) is 5.69 Å². The highest BCUT2D eigenvalue weighted by atomic mass is 16.2. The van der Waals surface area contributed by atoms with Gasteiger partial charge in [0.05, 0.1) is 12.1 Å². The maximum Gasteiger partial charge on any atom is 0.257 e. The monoisotopic (exact) mass is 432 g/mol. The average Bonchev–Trinajstić information content (AvgIpc) is 2.96. The van der Waals surface area contributed by atoms with E-state index in [1.54, 1.807) is 17.0 Å². The molecular formula is C27H32N2O3. The number of carbonyl (C=O) groups is 3. The Morgan fingerprint density at radius 2 is 1.41 bits per heavy atom. The lowest BCUT2D eigenvalue weighted by Crippen LogP contribution is -2.46. The molecule has 2 aromatic carbocycles. The van der Waals surface area contributed by atoms with Gasteiger partial charge in [-0.15, -0.1) is 0 Å². The third-order valence-electron chi connectivity index (χ3n) is 7.82. The highest BCUT2D eigenvalue weighted by molar-refractivity contribution is 6.23. The second kappa shape index (κ2) is 7.58. The minimum Gasteiger partial charge on any atom is -0.325 e. The van der Waals surface area contributed by atoms with Crippen LogP contribution in [-0.4, -0.2) is 28.7 Å². The summed E-state index contributed by atoms with van der Waals surface area (Å²) in [4.78, 5) is 43.1. The molecule has 5 heteroatoms. The Bertz CT molecular complexity index is 1050. The van der Waals surface area contributed by atoms with Crippen molar-refractivity contribution in [3.8, 4) is 0 Å². The summed E-state index contributed by atoms with van der Waals surface area (Å²) < 4.78 is 0. The number of nitrogens with zero attached hydrogens (tertiary/aromatic N) is 2. The van der Waals surface area contributed by atoms with Crippen LogP contribution in [0.3, 0.4) is 0 Å². The molecule has 2 aliphatic rings. The van der Waals surface area contributed by atoms with Crippen molar-refractivity contribution >= 4 is 23.4 Å². The summed E-state index contributed by atoms with van der Waals surface area (Å²) >= 11 is 0. The normalized spacial score (nSPS) is 21.7. The largest absolute Gasteiger partial charge is 0.325 e. The van der Waals surface area contributed by atoms with Gasteiger partial charge in [-0.1, -0.05) is 75.2 Å². The summed E-state index contributed by atoms with van der Waals surface area (Å²) in [5.41, 5.74) is 3.39. The van der Waals surface area contributed by atoms with Gasteiger partial charge in [-0.05, 0) is 42.4 Å².